The van der Waals surface area contributed by atoms with Gasteiger partial charge >= 0.3 is 11.9 Å². The summed E-state index contributed by atoms with van der Waals surface area (Å²) >= 11 is 0. The Morgan fingerprint density at radius 1 is 1.36 bits per heavy atom. The minimum absolute atomic E-state index is 0.0829. The van der Waals surface area contributed by atoms with Crippen LogP contribution in [0.15, 0.2) is 0 Å². The number of hydrogen-bond acceptors (Lipinski definition) is 4. The second-order valence-corrected chi connectivity index (χ2v) is 3.16. The highest BCUT2D eigenvalue weighted by molar-refractivity contribution is 5.71. The molecule has 0 saturated carbocycles. The highest BCUT2D eigenvalue weighted by Gasteiger charge is 2.15. The van der Waals surface area contributed by atoms with Crippen molar-refractivity contribution in [2.75, 3.05) is 0 Å². The third-order valence-electron chi connectivity index (χ3n) is 1.67. The number of hydrogen-bond donors (Lipinski definition) is 2. The van der Waals surface area contributed by atoms with Crippen molar-refractivity contribution in [2.24, 2.45) is 0 Å². The van der Waals surface area contributed by atoms with Gasteiger partial charge in [0.2, 0.25) is 0 Å². The molecule has 0 bridgehead atoms. The molecule has 0 radical (unpaired) electrons. The van der Waals surface area contributed by atoms with Crippen molar-refractivity contribution < 1.29 is 24.5 Å². The van der Waals surface area contributed by atoms with E-state index in [1.807, 2.05) is 0 Å². The van der Waals surface area contributed by atoms with Gasteiger partial charge in [0, 0.05) is 0 Å². The minimum Gasteiger partial charge on any atom is -0.481 e. The lowest BCUT2D eigenvalue weighted by atomic mass is 10.2. The fraction of sp³-hybridized carbons (Fsp3) is 0.778. The molecular weight excluding hydrogens is 188 g/mol. The summed E-state index contributed by atoms with van der Waals surface area (Å²) in [5.74, 6) is -1.57. The number of esters is 1. The van der Waals surface area contributed by atoms with Crippen LogP contribution < -0.4 is 0 Å². The van der Waals surface area contributed by atoms with Crippen LogP contribution in [0, 0.1) is 0 Å². The van der Waals surface area contributed by atoms with Crippen LogP contribution in [0.1, 0.15) is 33.1 Å². The first-order valence-electron chi connectivity index (χ1n) is 4.55. The van der Waals surface area contributed by atoms with E-state index in [1.165, 1.54) is 6.92 Å². The van der Waals surface area contributed by atoms with Crippen LogP contribution in [0.2, 0.25) is 0 Å². The summed E-state index contributed by atoms with van der Waals surface area (Å²) in [5.41, 5.74) is 0. The Bertz CT molecular complexity index is 201. The van der Waals surface area contributed by atoms with Crippen molar-refractivity contribution in [3.05, 3.63) is 0 Å². The third-order valence-corrected chi connectivity index (χ3v) is 1.67. The molecule has 0 unspecified atom stereocenters. The lowest BCUT2D eigenvalue weighted by molar-refractivity contribution is -0.153. The summed E-state index contributed by atoms with van der Waals surface area (Å²) in [6, 6.07) is 0. The van der Waals surface area contributed by atoms with Gasteiger partial charge < -0.3 is 14.9 Å². The van der Waals surface area contributed by atoms with Gasteiger partial charge in [-0.2, -0.15) is 0 Å². The van der Waals surface area contributed by atoms with Crippen LogP contribution in [-0.4, -0.2) is 34.4 Å². The molecule has 0 aliphatic carbocycles. The summed E-state index contributed by atoms with van der Waals surface area (Å²) in [6.07, 6.45) is -1.18. The molecule has 0 aliphatic rings. The van der Waals surface area contributed by atoms with Crippen LogP contribution in [0.3, 0.4) is 0 Å². The maximum absolute atomic E-state index is 11.0. The molecule has 0 aromatic carbocycles. The fourth-order valence-corrected chi connectivity index (χ4v) is 0.897. The van der Waals surface area contributed by atoms with Crippen molar-refractivity contribution in [2.45, 2.75) is 45.3 Å². The monoisotopic (exact) mass is 204 g/mol. The van der Waals surface area contributed by atoms with E-state index in [2.05, 4.69) is 0 Å². The number of carbonyl (C=O) groups is 2. The Labute approximate surface area is 82.7 Å². The molecule has 5 nitrogen and oxygen atoms in total. The number of carboxylic acids is 1. The Kier molecular flexibility index (Phi) is 5.87. The molecule has 0 spiro atoms. The van der Waals surface area contributed by atoms with Crippen LogP contribution in [0.4, 0.5) is 0 Å². The standard InChI is InChI=1S/C9H16O5/c1-3-7(10)5-9(13)14-6(2)4-8(11)12/h6-7,10H,3-5H2,1-2H3,(H,11,12)/t6-,7-/m1/s1. The van der Waals surface area contributed by atoms with Gasteiger partial charge in [0.05, 0.1) is 18.9 Å². The van der Waals surface area contributed by atoms with Gasteiger partial charge in [0.25, 0.3) is 0 Å². The van der Waals surface area contributed by atoms with Gasteiger partial charge in [0.15, 0.2) is 0 Å². The molecule has 2 N–H and O–H groups in total. The normalized spacial score (nSPS) is 14.5. The molecule has 0 saturated heterocycles. The predicted molar refractivity (Wildman–Crippen MR) is 48.7 cm³/mol. The summed E-state index contributed by atoms with van der Waals surface area (Å²) in [5, 5.41) is 17.5. The Morgan fingerprint density at radius 2 is 1.93 bits per heavy atom. The number of aliphatic carboxylic acids is 1. The van der Waals surface area contributed by atoms with E-state index in [0.717, 1.165) is 0 Å². The highest BCUT2D eigenvalue weighted by Crippen LogP contribution is 2.03. The maximum atomic E-state index is 11.0. The number of carboxylic acid groups (broad SMARTS) is 1. The van der Waals surface area contributed by atoms with Crippen molar-refractivity contribution in [1.29, 1.82) is 0 Å². The topological polar surface area (TPSA) is 83.8 Å². The maximum Gasteiger partial charge on any atom is 0.308 e. The van der Waals surface area contributed by atoms with Crippen molar-refractivity contribution in [1.82, 2.24) is 0 Å². The number of ether oxygens (including phenoxy) is 1. The summed E-state index contributed by atoms with van der Waals surface area (Å²) in [4.78, 5) is 21.3. The molecule has 0 rings (SSSR count). The molecule has 2 atom stereocenters. The number of aliphatic hydroxyl groups excluding tert-OH is 1. The summed E-state index contributed by atoms with van der Waals surface area (Å²) < 4.78 is 4.75. The van der Waals surface area contributed by atoms with Crippen LogP contribution >= 0.6 is 0 Å². The van der Waals surface area contributed by atoms with E-state index >= 15 is 0 Å². The summed E-state index contributed by atoms with van der Waals surface area (Å²) in [7, 11) is 0. The molecule has 0 amide bonds. The molecular formula is C9H16O5. The SMILES string of the molecule is CC[C@@H](O)CC(=O)O[C@H](C)CC(=O)O. The van der Waals surface area contributed by atoms with E-state index in [4.69, 9.17) is 14.9 Å². The van der Waals surface area contributed by atoms with Crippen molar-refractivity contribution in [3.63, 3.8) is 0 Å². The lowest BCUT2D eigenvalue weighted by Crippen LogP contribution is -2.21. The number of rotatable bonds is 6. The van der Waals surface area contributed by atoms with Gasteiger partial charge in [-0.3, -0.25) is 9.59 Å². The van der Waals surface area contributed by atoms with E-state index in [0.29, 0.717) is 6.42 Å². The summed E-state index contributed by atoms with van der Waals surface area (Å²) in [6.45, 7) is 3.25. The number of aliphatic hydroxyl groups is 1. The molecule has 0 aromatic rings. The molecule has 82 valence electrons. The van der Waals surface area contributed by atoms with E-state index in [1.54, 1.807) is 6.92 Å². The lowest BCUT2D eigenvalue weighted by Gasteiger charge is -2.12. The Morgan fingerprint density at radius 3 is 2.36 bits per heavy atom. The Hall–Kier alpha value is -1.10. The van der Waals surface area contributed by atoms with E-state index in [-0.39, 0.29) is 12.8 Å². The molecule has 0 aromatic heterocycles. The zero-order valence-electron chi connectivity index (χ0n) is 8.40. The van der Waals surface area contributed by atoms with Gasteiger partial charge in [0.1, 0.15) is 6.10 Å². The first kappa shape index (κ1) is 12.9. The molecule has 0 fully saturated rings. The van der Waals surface area contributed by atoms with Crippen LogP contribution in [0.5, 0.6) is 0 Å². The predicted octanol–water partition coefficient (Wildman–Crippen LogP) is 0.554. The average Bonchev–Trinajstić information content (AvgIpc) is 2.01. The van der Waals surface area contributed by atoms with Crippen LogP contribution in [0.25, 0.3) is 0 Å². The third kappa shape index (κ3) is 6.42. The van der Waals surface area contributed by atoms with Crippen molar-refractivity contribution >= 4 is 11.9 Å². The number of carbonyl (C=O) groups excluding carboxylic acids is 1. The molecule has 0 heterocycles. The largest absolute Gasteiger partial charge is 0.481 e. The highest BCUT2D eigenvalue weighted by atomic mass is 16.5. The second-order valence-electron chi connectivity index (χ2n) is 3.16. The quantitative estimate of drug-likeness (QED) is 0.617. The van der Waals surface area contributed by atoms with Crippen LogP contribution in [-0.2, 0) is 14.3 Å². The van der Waals surface area contributed by atoms with Gasteiger partial charge in [-0.1, -0.05) is 6.92 Å². The second kappa shape index (κ2) is 6.37. The minimum atomic E-state index is -1.01. The van der Waals surface area contributed by atoms with Gasteiger partial charge in [-0.15, -0.1) is 0 Å². The first-order chi connectivity index (χ1) is 6.45. The van der Waals surface area contributed by atoms with E-state index < -0.39 is 24.1 Å². The fourth-order valence-electron chi connectivity index (χ4n) is 0.897. The molecule has 14 heavy (non-hydrogen) atoms. The Balaban J connectivity index is 3.76. The molecule has 0 aliphatic heterocycles. The zero-order chi connectivity index (χ0) is 11.1. The van der Waals surface area contributed by atoms with Gasteiger partial charge in [-0.05, 0) is 13.3 Å². The smallest absolute Gasteiger partial charge is 0.308 e. The van der Waals surface area contributed by atoms with E-state index in [9.17, 15) is 9.59 Å². The molecule has 5 heteroatoms. The van der Waals surface area contributed by atoms with Crippen molar-refractivity contribution in [3.8, 4) is 0 Å². The van der Waals surface area contributed by atoms with Gasteiger partial charge in [-0.25, -0.2) is 0 Å². The first-order valence-corrected chi connectivity index (χ1v) is 4.55. The zero-order valence-corrected chi connectivity index (χ0v) is 8.40. The average molecular weight is 204 g/mol.